The maximum Gasteiger partial charge on any atom is 0.306 e. The molecule has 8 atom stereocenters. The molecule has 76 heavy (non-hydrogen) atoms. The van der Waals surface area contributed by atoms with Crippen LogP contribution in [-0.4, -0.2) is 99.6 Å². The number of aliphatic hydroxyl groups excluding tert-OH is 5. The van der Waals surface area contributed by atoms with Gasteiger partial charge in [-0.15, -0.1) is 0 Å². The molecule has 0 radical (unpaired) electrons. The molecule has 0 aromatic carbocycles. The van der Waals surface area contributed by atoms with Crippen LogP contribution in [0.4, 0.5) is 0 Å². The molecule has 6 N–H and O–H groups in total. The fourth-order valence-electron chi connectivity index (χ4n) is 8.88. The van der Waals surface area contributed by atoms with Gasteiger partial charge in [0.05, 0.1) is 25.4 Å². The maximum absolute atomic E-state index is 13.4. The molecule has 8 unspecified atom stereocenters. The Hall–Kier alpha value is -3.42. The van der Waals surface area contributed by atoms with Crippen molar-refractivity contribution < 1.29 is 49.3 Å². The summed E-state index contributed by atoms with van der Waals surface area (Å²) in [6, 6.07) is -1.05. The highest BCUT2D eigenvalue weighted by atomic mass is 16.7. The number of unbranched alkanes of at least 4 members (excludes halogenated alkanes) is 22. The lowest BCUT2D eigenvalue weighted by Crippen LogP contribution is -2.61. The van der Waals surface area contributed by atoms with Crippen molar-refractivity contribution >= 4 is 11.9 Å². The number of amides is 1. The van der Waals surface area contributed by atoms with E-state index in [0.29, 0.717) is 12.8 Å². The first-order valence-corrected chi connectivity index (χ1v) is 30.5. The number of nitrogens with one attached hydrogen (secondary N) is 1. The van der Waals surface area contributed by atoms with Crippen LogP contribution in [0, 0.1) is 0 Å². The van der Waals surface area contributed by atoms with Crippen LogP contribution in [0.3, 0.4) is 0 Å². The predicted octanol–water partition coefficient (Wildman–Crippen LogP) is 14.3. The number of rotatable bonds is 50. The first-order valence-electron chi connectivity index (χ1n) is 30.5. The molecule has 11 nitrogen and oxygen atoms in total. The Labute approximate surface area is 463 Å². The standard InChI is InChI=1S/C65H111NO10/c1-4-7-10-13-16-19-22-24-26-27-28-29-30-31-32-33-34-37-40-43-46-49-52-58(69)64(73)66-56(57(68)51-48-45-42-39-36-21-18-15-12-9-6-3)55-74-65-63(62(72)61(71)59(54-67)75-65)76-60(70)53-50-47-44-41-38-35-25-23-20-17-14-11-8-5-2/h7,10,16,19,24,26,28-29,31-32,34-35,37-38,48,51,56-59,61-63,65,67-69,71-72H,4-6,8-9,11-15,17-18,20-23,25,27,30,33,36,39-47,49-50,52-55H2,1-3H3,(H,66,73)/b10-7-,19-16-,26-24-,29-28-,32-31-,37-34-,38-35-,51-48+. The van der Waals surface area contributed by atoms with E-state index in [0.717, 1.165) is 109 Å². The average Bonchev–Trinajstić information content (AvgIpc) is 3.42. The van der Waals surface area contributed by atoms with E-state index in [1.165, 1.54) is 83.5 Å². The molecule has 0 bridgehead atoms. The third-order valence-corrected chi connectivity index (χ3v) is 13.7. The first kappa shape index (κ1) is 70.6. The highest BCUT2D eigenvalue weighted by molar-refractivity contribution is 5.80. The number of hydrogen-bond acceptors (Lipinski definition) is 10. The second-order valence-corrected chi connectivity index (χ2v) is 20.7. The molecule has 1 amide bonds. The van der Waals surface area contributed by atoms with Crippen molar-refractivity contribution in [1.82, 2.24) is 5.32 Å². The molecule has 0 spiro atoms. The molecule has 0 aromatic rings. The summed E-state index contributed by atoms with van der Waals surface area (Å²) in [7, 11) is 0. The zero-order valence-corrected chi connectivity index (χ0v) is 48.1. The van der Waals surface area contributed by atoms with E-state index < -0.39 is 67.4 Å². The molecular weight excluding hydrogens is 955 g/mol. The highest BCUT2D eigenvalue weighted by Crippen LogP contribution is 2.26. The van der Waals surface area contributed by atoms with Crippen LogP contribution in [0.15, 0.2) is 97.2 Å². The Bertz CT molecular complexity index is 1600. The fourth-order valence-corrected chi connectivity index (χ4v) is 8.88. The van der Waals surface area contributed by atoms with E-state index in [-0.39, 0.29) is 19.4 Å². The van der Waals surface area contributed by atoms with E-state index >= 15 is 0 Å². The summed E-state index contributed by atoms with van der Waals surface area (Å²) in [4.78, 5) is 26.5. The number of allylic oxidation sites excluding steroid dienone is 15. The van der Waals surface area contributed by atoms with Gasteiger partial charge in [-0.3, -0.25) is 9.59 Å². The number of hydrogen-bond donors (Lipinski definition) is 6. The summed E-state index contributed by atoms with van der Waals surface area (Å²) in [6.45, 7) is 5.62. The molecule has 1 saturated heterocycles. The van der Waals surface area contributed by atoms with E-state index in [1.54, 1.807) is 6.08 Å². The van der Waals surface area contributed by atoms with Gasteiger partial charge in [-0.25, -0.2) is 0 Å². The average molecular weight is 1070 g/mol. The SMILES string of the molecule is CC/C=C\C/C=C\C/C=C\C/C=C\C/C=C\C/C=C\CCCCCC(O)C(=O)NC(COC1OC(CO)C(O)C(O)C1OC(=O)CCCCC/C=C\CCCCCCCCC)C(O)/C=C/CCCCCCCCCCC. The predicted molar refractivity (Wildman–Crippen MR) is 315 cm³/mol. The number of aliphatic hydroxyl groups is 5. The summed E-state index contributed by atoms with van der Waals surface area (Å²) >= 11 is 0. The van der Waals surface area contributed by atoms with Crippen LogP contribution >= 0.6 is 0 Å². The summed E-state index contributed by atoms with van der Waals surface area (Å²) in [5.74, 6) is -1.24. The largest absolute Gasteiger partial charge is 0.454 e. The lowest BCUT2D eigenvalue weighted by Gasteiger charge is -2.41. The molecule has 11 heteroatoms. The van der Waals surface area contributed by atoms with Crippen LogP contribution in [0.2, 0.25) is 0 Å². The van der Waals surface area contributed by atoms with Crippen molar-refractivity contribution in [2.75, 3.05) is 13.2 Å². The van der Waals surface area contributed by atoms with E-state index in [1.807, 2.05) is 6.08 Å². The van der Waals surface area contributed by atoms with Gasteiger partial charge in [0.1, 0.15) is 24.4 Å². The molecule has 1 aliphatic heterocycles. The zero-order valence-electron chi connectivity index (χ0n) is 48.1. The minimum Gasteiger partial charge on any atom is -0.454 e. The van der Waals surface area contributed by atoms with Crippen molar-refractivity contribution in [3.05, 3.63) is 97.2 Å². The number of ether oxygens (including phenoxy) is 3. The van der Waals surface area contributed by atoms with Crippen LogP contribution in [0.1, 0.15) is 239 Å². The molecule has 436 valence electrons. The van der Waals surface area contributed by atoms with Gasteiger partial charge in [0, 0.05) is 6.42 Å². The summed E-state index contributed by atoms with van der Waals surface area (Å²) < 4.78 is 17.6. The van der Waals surface area contributed by atoms with Gasteiger partial charge in [-0.1, -0.05) is 227 Å². The molecule has 1 rings (SSSR count). The van der Waals surface area contributed by atoms with Gasteiger partial charge in [0.2, 0.25) is 5.91 Å². The monoisotopic (exact) mass is 1070 g/mol. The Kier molecular flexibility index (Phi) is 48.6. The quantitative estimate of drug-likeness (QED) is 0.0195. The summed E-state index contributed by atoms with van der Waals surface area (Å²) in [5, 5.41) is 56.9. The molecule has 0 saturated carbocycles. The Morgan fingerprint density at radius 3 is 1.43 bits per heavy atom. The molecule has 1 heterocycles. The smallest absolute Gasteiger partial charge is 0.306 e. The molecule has 0 aliphatic carbocycles. The van der Waals surface area contributed by atoms with Gasteiger partial charge < -0.3 is 45.1 Å². The summed E-state index contributed by atoms with van der Waals surface area (Å²) in [6.07, 6.45) is 58.8. The van der Waals surface area contributed by atoms with Crippen LogP contribution < -0.4 is 5.32 Å². The second-order valence-electron chi connectivity index (χ2n) is 20.7. The van der Waals surface area contributed by atoms with Crippen LogP contribution in [-0.2, 0) is 23.8 Å². The number of carbonyl (C=O) groups is 2. The minimum absolute atomic E-state index is 0.0960. The molecular formula is C65H111NO10. The highest BCUT2D eigenvalue weighted by Gasteiger charge is 2.47. The third-order valence-electron chi connectivity index (χ3n) is 13.7. The van der Waals surface area contributed by atoms with Gasteiger partial charge in [0.25, 0.3) is 0 Å². The zero-order chi connectivity index (χ0) is 55.4. The van der Waals surface area contributed by atoms with Gasteiger partial charge in [-0.2, -0.15) is 0 Å². The van der Waals surface area contributed by atoms with E-state index in [9.17, 15) is 35.1 Å². The molecule has 1 aliphatic rings. The van der Waals surface area contributed by atoms with Crippen molar-refractivity contribution in [3.8, 4) is 0 Å². The maximum atomic E-state index is 13.4. The molecule has 1 fully saturated rings. The normalized spacial score (nSPS) is 19.8. The van der Waals surface area contributed by atoms with Crippen LogP contribution in [0.5, 0.6) is 0 Å². The lowest BCUT2D eigenvalue weighted by molar-refractivity contribution is -0.305. The Morgan fingerprint density at radius 1 is 0.526 bits per heavy atom. The van der Waals surface area contributed by atoms with E-state index in [2.05, 4.69) is 111 Å². The van der Waals surface area contributed by atoms with Gasteiger partial charge >= 0.3 is 5.97 Å². The topological polar surface area (TPSA) is 175 Å². The fraction of sp³-hybridized carbons (Fsp3) is 0.723. The van der Waals surface area contributed by atoms with Crippen LogP contribution in [0.25, 0.3) is 0 Å². The number of esters is 1. The van der Waals surface area contributed by atoms with E-state index in [4.69, 9.17) is 14.2 Å². The van der Waals surface area contributed by atoms with Crippen molar-refractivity contribution in [3.63, 3.8) is 0 Å². The molecule has 0 aromatic heterocycles. The van der Waals surface area contributed by atoms with Gasteiger partial charge in [0.15, 0.2) is 12.4 Å². The van der Waals surface area contributed by atoms with Crippen molar-refractivity contribution in [2.24, 2.45) is 0 Å². The van der Waals surface area contributed by atoms with Gasteiger partial charge in [-0.05, 0) is 103 Å². The number of carbonyl (C=O) groups excluding carboxylic acids is 2. The Balaban J connectivity index is 2.71. The first-order chi connectivity index (χ1) is 37.2. The van der Waals surface area contributed by atoms with Crippen molar-refractivity contribution in [2.45, 2.75) is 288 Å². The third kappa shape index (κ3) is 39.9. The Morgan fingerprint density at radius 2 is 0.947 bits per heavy atom. The minimum atomic E-state index is -1.63. The lowest BCUT2D eigenvalue weighted by atomic mass is 9.99. The summed E-state index contributed by atoms with van der Waals surface area (Å²) in [5.41, 5.74) is 0. The second kappa shape index (κ2) is 52.3. The van der Waals surface area contributed by atoms with Crippen molar-refractivity contribution in [1.29, 1.82) is 0 Å².